The molecule has 0 aliphatic carbocycles. The van der Waals surface area contributed by atoms with Gasteiger partial charge in [0.2, 0.25) is 65.0 Å². The predicted molar refractivity (Wildman–Crippen MR) is 303 cm³/mol. The van der Waals surface area contributed by atoms with Crippen LogP contribution < -0.4 is 71.2 Å². The number of carboxylic acid groups (broad SMARTS) is 1. The van der Waals surface area contributed by atoms with Gasteiger partial charge in [-0.15, -0.1) is 0 Å². The number of carboxylic acids is 1. The number of rotatable bonds is 33. The number of amides is 11. The number of aliphatic imine (C=N–C) groups is 1. The lowest BCUT2D eigenvalue weighted by Crippen LogP contribution is -2.61. The molecular formula is C56H75N15O13. The lowest BCUT2D eigenvalue weighted by molar-refractivity contribution is -0.149. The van der Waals surface area contributed by atoms with E-state index in [2.05, 4.69) is 47.5 Å². The molecule has 19 N–H and O–H groups in total. The van der Waals surface area contributed by atoms with E-state index < -0.39 is 138 Å². The zero-order valence-electron chi connectivity index (χ0n) is 46.3. The van der Waals surface area contributed by atoms with Gasteiger partial charge in [0.05, 0.1) is 18.9 Å². The molecule has 5 rings (SSSR count). The zero-order chi connectivity index (χ0) is 61.3. The molecule has 0 aromatic heterocycles. The van der Waals surface area contributed by atoms with Gasteiger partial charge < -0.3 is 81.2 Å². The van der Waals surface area contributed by atoms with E-state index >= 15 is 0 Å². The minimum Gasteiger partial charge on any atom is -0.480 e. The molecule has 9 atom stereocenters. The molecule has 0 saturated carbocycles. The SMILES string of the molecule is NC(=O)CC[C@H](NC(=O)[C@H](Cc1ccccc1)NC(=O)[C@H](CC(N)=O)NC(=O)[C@H](Cc1ccccc1)NC(=O)[C@H](CCCN=C(N)N)NC(=O)[C@H](Cc1ccccc1)NC(=O)[C@H](CC(N)=O)NC(=O)[C@@H]1CCCN1)C(=O)N1CCC[C@H]1C(=O)O. The number of nitrogens with one attached hydrogen (secondary N) is 8. The summed E-state index contributed by atoms with van der Waals surface area (Å²) in [5.74, 6) is -11.6. The van der Waals surface area contributed by atoms with Gasteiger partial charge in [-0.1, -0.05) is 91.0 Å². The molecule has 2 fully saturated rings. The predicted octanol–water partition coefficient (Wildman–Crippen LogP) is -3.99. The molecule has 2 aliphatic heterocycles. The van der Waals surface area contributed by atoms with Gasteiger partial charge >= 0.3 is 5.97 Å². The lowest BCUT2D eigenvalue weighted by atomic mass is 10.0. The highest BCUT2D eigenvalue weighted by atomic mass is 16.4. The maximum Gasteiger partial charge on any atom is 0.326 e. The summed E-state index contributed by atoms with van der Waals surface area (Å²) in [5.41, 5.74) is 29.2. The Hall–Kier alpha value is -9.47. The van der Waals surface area contributed by atoms with Crippen LogP contribution in [0.5, 0.6) is 0 Å². The summed E-state index contributed by atoms with van der Waals surface area (Å²) in [4.78, 5) is 167. The summed E-state index contributed by atoms with van der Waals surface area (Å²) in [6.07, 6.45) is -1.21. The Morgan fingerprint density at radius 3 is 1.35 bits per heavy atom. The number of nitrogens with two attached hydrogens (primary N) is 5. The van der Waals surface area contributed by atoms with Gasteiger partial charge in [-0.3, -0.25) is 57.7 Å². The van der Waals surface area contributed by atoms with Crippen LogP contribution in [0.2, 0.25) is 0 Å². The molecule has 28 heteroatoms. The third kappa shape index (κ3) is 21.5. The van der Waals surface area contributed by atoms with Crippen molar-refractivity contribution in [3.63, 3.8) is 0 Å². The van der Waals surface area contributed by atoms with Crippen LogP contribution in [-0.4, -0.2) is 161 Å². The number of hydrogen-bond donors (Lipinski definition) is 14. The molecule has 0 spiro atoms. The van der Waals surface area contributed by atoms with E-state index in [1.807, 2.05) is 0 Å². The van der Waals surface area contributed by atoms with E-state index in [4.69, 9.17) is 28.7 Å². The van der Waals surface area contributed by atoms with Crippen molar-refractivity contribution >= 4 is 76.9 Å². The number of nitrogens with zero attached hydrogens (tertiary/aromatic N) is 2. The van der Waals surface area contributed by atoms with Crippen molar-refractivity contribution in [2.45, 2.75) is 138 Å². The van der Waals surface area contributed by atoms with Crippen molar-refractivity contribution in [2.24, 2.45) is 33.7 Å². The van der Waals surface area contributed by atoms with E-state index in [1.54, 1.807) is 91.0 Å². The van der Waals surface area contributed by atoms with Gasteiger partial charge in [0, 0.05) is 38.8 Å². The van der Waals surface area contributed by atoms with Crippen molar-refractivity contribution in [2.75, 3.05) is 19.6 Å². The Kier molecular flexibility index (Phi) is 25.5. The Morgan fingerprint density at radius 1 is 0.512 bits per heavy atom. The standard InChI is InChI=1S/C56H75N15O13/c57-44(72)23-22-37(54(82)71-26-12-21-43(71)55(83)84)65-50(78)39(28-33-15-6-2-7-16-33)68-53(81)42(31-46(59)74)70-51(79)40(29-34-17-8-3-9-18-34)66-48(76)36(20-11-25-63-56(60)61)64-49(77)38(27-32-13-4-1-5-14-32)67-52(80)41(30-45(58)73)69-47(75)35-19-10-24-62-35/h1-9,13-18,35-43,62H,10-12,19-31H2,(H2,57,72)(H2,58,73)(H2,59,74)(H,64,77)(H,65,78)(H,66,76)(H,67,80)(H,68,81)(H,69,75)(H,70,79)(H,83,84)(H4,60,61,63)/t35-,36-,37-,38-,39-,40-,41-,42-,43-/m0/s1. The van der Waals surface area contributed by atoms with Crippen LogP contribution in [-0.2, 0) is 76.8 Å². The second-order valence-electron chi connectivity index (χ2n) is 20.5. The van der Waals surface area contributed by atoms with Gasteiger partial charge in [0.25, 0.3) is 0 Å². The van der Waals surface area contributed by atoms with Gasteiger partial charge in [0.15, 0.2) is 5.96 Å². The second kappa shape index (κ2) is 32.8. The molecule has 3 aromatic rings. The molecule has 0 unspecified atom stereocenters. The fourth-order valence-electron chi connectivity index (χ4n) is 9.62. The van der Waals surface area contributed by atoms with E-state index in [1.165, 1.54) is 0 Å². The van der Waals surface area contributed by atoms with E-state index in [0.29, 0.717) is 42.5 Å². The first-order valence-corrected chi connectivity index (χ1v) is 27.5. The Labute approximate surface area is 484 Å². The molecule has 2 aliphatic rings. The quantitative estimate of drug-likeness (QED) is 0.0157. The molecule has 28 nitrogen and oxygen atoms in total. The summed E-state index contributed by atoms with van der Waals surface area (Å²) in [5, 5.41) is 30.9. The maximum atomic E-state index is 14.7. The number of primary amides is 3. The summed E-state index contributed by atoms with van der Waals surface area (Å²) in [6.45, 7) is 0.588. The highest BCUT2D eigenvalue weighted by Crippen LogP contribution is 2.20. The number of hydrogen-bond acceptors (Lipinski definition) is 14. The number of likely N-dealkylation sites (tertiary alicyclic amines) is 1. The minimum atomic E-state index is -1.82. The molecule has 0 bridgehead atoms. The van der Waals surface area contributed by atoms with Gasteiger partial charge in [-0.25, -0.2) is 4.79 Å². The summed E-state index contributed by atoms with van der Waals surface area (Å²) < 4.78 is 0. The number of benzene rings is 3. The average Bonchev–Trinajstić information content (AvgIpc) is 4.34. The van der Waals surface area contributed by atoms with Crippen molar-refractivity contribution < 1.29 is 62.6 Å². The van der Waals surface area contributed by atoms with Crippen LogP contribution in [0.15, 0.2) is 96.0 Å². The van der Waals surface area contributed by atoms with Gasteiger partial charge in [-0.2, -0.15) is 0 Å². The second-order valence-corrected chi connectivity index (χ2v) is 20.5. The summed E-state index contributed by atoms with van der Waals surface area (Å²) in [6, 6.07) is 12.4. The number of aliphatic carboxylic acids is 1. The maximum absolute atomic E-state index is 14.7. The first-order valence-electron chi connectivity index (χ1n) is 27.5. The third-order valence-electron chi connectivity index (χ3n) is 13.9. The van der Waals surface area contributed by atoms with Crippen LogP contribution in [0.1, 0.15) is 80.9 Å². The summed E-state index contributed by atoms with van der Waals surface area (Å²) >= 11 is 0. The van der Waals surface area contributed by atoms with Crippen LogP contribution in [0.4, 0.5) is 0 Å². The molecule has 0 radical (unpaired) electrons. The zero-order valence-corrected chi connectivity index (χ0v) is 46.3. The molecule has 11 amide bonds. The first-order chi connectivity index (χ1) is 40.1. The van der Waals surface area contributed by atoms with Gasteiger partial charge in [0.1, 0.15) is 48.3 Å². The molecule has 2 saturated heterocycles. The molecule has 3 aromatic carbocycles. The fraction of sp³-hybridized carbons (Fsp3) is 0.446. The van der Waals surface area contributed by atoms with Crippen LogP contribution in [0.3, 0.4) is 0 Å². The Bertz CT molecular complexity index is 2840. The molecule has 84 heavy (non-hydrogen) atoms. The van der Waals surface area contributed by atoms with Crippen molar-refractivity contribution in [3.05, 3.63) is 108 Å². The largest absolute Gasteiger partial charge is 0.480 e. The Morgan fingerprint density at radius 2 is 0.929 bits per heavy atom. The smallest absolute Gasteiger partial charge is 0.326 e. The minimum absolute atomic E-state index is 0.0222. The molecule has 452 valence electrons. The molecular weight excluding hydrogens is 1090 g/mol. The number of carbonyl (C=O) groups excluding carboxylic acids is 11. The van der Waals surface area contributed by atoms with Gasteiger partial charge in [-0.05, 0) is 68.2 Å². The number of guanidine groups is 1. The first kappa shape index (κ1) is 65.3. The fourth-order valence-corrected chi connectivity index (χ4v) is 9.62. The Balaban J connectivity index is 1.43. The highest BCUT2D eigenvalue weighted by Gasteiger charge is 2.40. The van der Waals surface area contributed by atoms with Crippen LogP contribution >= 0.6 is 0 Å². The average molecular weight is 1170 g/mol. The van der Waals surface area contributed by atoms with Crippen molar-refractivity contribution in [3.8, 4) is 0 Å². The topological polar surface area (TPSA) is 467 Å². The normalized spacial score (nSPS) is 17.0. The van der Waals surface area contributed by atoms with E-state index in [-0.39, 0.29) is 70.4 Å². The highest BCUT2D eigenvalue weighted by molar-refractivity contribution is 6.00. The van der Waals surface area contributed by atoms with Crippen LogP contribution in [0, 0.1) is 0 Å². The van der Waals surface area contributed by atoms with E-state index in [9.17, 15) is 62.6 Å². The monoisotopic (exact) mass is 1170 g/mol. The number of carbonyl (C=O) groups is 12. The van der Waals surface area contributed by atoms with E-state index in [0.717, 1.165) is 4.90 Å². The van der Waals surface area contributed by atoms with Crippen molar-refractivity contribution in [1.82, 2.24) is 47.4 Å². The lowest BCUT2D eigenvalue weighted by Gasteiger charge is -2.29. The van der Waals surface area contributed by atoms with Crippen LogP contribution in [0.25, 0.3) is 0 Å². The van der Waals surface area contributed by atoms with Crippen molar-refractivity contribution in [1.29, 1.82) is 0 Å². The third-order valence-corrected chi connectivity index (χ3v) is 13.9. The summed E-state index contributed by atoms with van der Waals surface area (Å²) in [7, 11) is 0. The molecule has 2 heterocycles.